The van der Waals surface area contributed by atoms with Gasteiger partial charge in [-0.1, -0.05) is 26.3 Å². The molecular weight excluding hydrogens is 219 g/mol. The van der Waals surface area contributed by atoms with Crippen LogP contribution >= 0.6 is 7.82 Å². The minimum atomic E-state index is -4.25. The molecule has 0 spiro atoms. The van der Waals surface area contributed by atoms with Crippen LogP contribution in [0.3, 0.4) is 0 Å². The summed E-state index contributed by atoms with van der Waals surface area (Å²) in [7, 11) is -4.25. The van der Waals surface area contributed by atoms with E-state index in [0.717, 1.165) is 12.8 Å². The van der Waals surface area contributed by atoms with E-state index < -0.39 is 13.8 Å². The van der Waals surface area contributed by atoms with Crippen LogP contribution in [0.4, 0.5) is 0 Å². The first-order valence-corrected chi connectivity index (χ1v) is 6.25. The normalized spacial score (nSPS) is 14.3. The quantitative estimate of drug-likeness (QED) is 0.417. The fourth-order valence-electron chi connectivity index (χ4n) is 0.741. The first-order valence-electron chi connectivity index (χ1n) is 4.76. The van der Waals surface area contributed by atoms with Crippen LogP contribution in [0, 0.1) is 0 Å². The molecule has 1 unspecified atom stereocenters. The summed E-state index contributed by atoms with van der Waals surface area (Å²) in [6.07, 6.45) is 2.53. The second-order valence-corrected chi connectivity index (χ2v) is 4.55. The maximum Gasteiger partial charge on any atom is 0.529 e. The van der Waals surface area contributed by atoms with Crippen LogP contribution in [0.1, 0.15) is 33.1 Å². The highest BCUT2D eigenvalue weighted by Crippen LogP contribution is 2.43. The first kappa shape index (κ1) is 14.4. The van der Waals surface area contributed by atoms with E-state index in [9.17, 15) is 9.36 Å². The molecular formula is C9H17O5P. The van der Waals surface area contributed by atoms with E-state index >= 15 is 0 Å². The number of rotatable bonds is 7. The molecule has 0 saturated carbocycles. The van der Waals surface area contributed by atoms with E-state index in [0.29, 0.717) is 6.42 Å². The summed E-state index contributed by atoms with van der Waals surface area (Å²) in [6.45, 7) is 6.78. The molecule has 0 aromatic carbocycles. The zero-order valence-electron chi connectivity index (χ0n) is 9.06. The van der Waals surface area contributed by atoms with Gasteiger partial charge in [-0.05, 0) is 13.3 Å². The summed E-state index contributed by atoms with van der Waals surface area (Å²) >= 11 is 0. The Hall–Kier alpha value is -0.640. The van der Waals surface area contributed by atoms with Crippen molar-refractivity contribution in [1.82, 2.24) is 0 Å². The fourth-order valence-corrected chi connectivity index (χ4v) is 1.52. The van der Waals surface area contributed by atoms with Crippen molar-refractivity contribution in [3.05, 3.63) is 12.2 Å². The molecule has 0 aliphatic carbocycles. The molecule has 0 fully saturated rings. The second kappa shape index (κ2) is 6.77. The maximum atomic E-state index is 11.1. The number of hydrogen-bond acceptors (Lipinski definition) is 4. The topological polar surface area (TPSA) is 72.8 Å². The standard InChI is InChI=1S/C9H17O5P/c1-4-5-6-7-13-15(11,12)14-9(10)8(2)3/h2,4-7H2,1,3H3,(H,11,12). The highest BCUT2D eigenvalue weighted by Gasteiger charge is 2.25. The molecule has 0 aliphatic heterocycles. The number of hydrogen-bond donors (Lipinski definition) is 1. The van der Waals surface area contributed by atoms with Crippen molar-refractivity contribution in [2.24, 2.45) is 0 Å². The molecule has 0 aromatic heterocycles. The van der Waals surface area contributed by atoms with E-state index in [-0.39, 0.29) is 12.2 Å². The molecule has 0 heterocycles. The van der Waals surface area contributed by atoms with Crippen LogP contribution in [0.2, 0.25) is 0 Å². The third-order valence-corrected chi connectivity index (χ3v) is 2.45. The molecule has 0 aromatic rings. The number of phosphoric ester groups is 1. The summed E-state index contributed by atoms with van der Waals surface area (Å²) in [5.41, 5.74) is 0.0569. The zero-order chi connectivity index (χ0) is 11.9. The molecule has 88 valence electrons. The Labute approximate surface area is 89.7 Å². The van der Waals surface area contributed by atoms with Gasteiger partial charge in [0, 0.05) is 5.57 Å². The number of carbonyl (C=O) groups excluding carboxylic acids is 1. The highest BCUT2D eigenvalue weighted by atomic mass is 31.2. The summed E-state index contributed by atoms with van der Waals surface area (Å²) in [4.78, 5) is 20.0. The average Bonchev–Trinajstić information content (AvgIpc) is 2.11. The van der Waals surface area contributed by atoms with Crippen LogP contribution in [-0.2, 0) is 18.4 Å². The minimum Gasteiger partial charge on any atom is -0.367 e. The first-order chi connectivity index (χ1) is 6.89. The molecule has 5 nitrogen and oxygen atoms in total. The third kappa shape index (κ3) is 7.31. The predicted molar refractivity (Wildman–Crippen MR) is 56.2 cm³/mol. The van der Waals surface area contributed by atoms with Crippen molar-refractivity contribution in [1.29, 1.82) is 0 Å². The molecule has 1 N–H and O–H groups in total. The summed E-state index contributed by atoms with van der Waals surface area (Å²) in [5, 5.41) is 0. The monoisotopic (exact) mass is 236 g/mol. The lowest BCUT2D eigenvalue weighted by Crippen LogP contribution is -2.05. The Morgan fingerprint density at radius 2 is 2.07 bits per heavy atom. The molecule has 0 rings (SSSR count). The lowest BCUT2D eigenvalue weighted by Gasteiger charge is -2.11. The van der Waals surface area contributed by atoms with E-state index in [2.05, 4.69) is 15.6 Å². The van der Waals surface area contributed by atoms with Gasteiger partial charge in [0.25, 0.3) is 0 Å². The molecule has 0 radical (unpaired) electrons. The number of unbranched alkanes of at least 4 members (excludes halogenated alkanes) is 2. The van der Waals surface area contributed by atoms with Gasteiger partial charge in [-0.15, -0.1) is 0 Å². The van der Waals surface area contributed by atoms with E-state index in [1.807, 2.05) is 6.92 Å². The van der Waals surface area contributed by atoms with Crippen LogP contribution in [0.25, 0.3) is 0 Å². The van der Waals surface area contributed by atoms with Crippen LogP contribution in [0.5, 0.6) is 0 Å². The van der Waals surface area contributed by atoms with E-state index in [1.165, 1.54) is 6.92 Å². The van der Waals surface area contributed by atoms with Gasteiger partial charge in [-0.25, -0.2) is 9.36 Å². The molecule has 0 bridgehead atoms. The maximum absolute atomic E-state index is 11.1. The average molecular weight is 236 g/mol. The minimum absolute atomic E-state index is 0.0569. The zero-order valence-corrected chi connectivity index (χ0v) is 9.96. The number of phosphoric acid groups is 1. The van der Waals surface area contributed by atoms with Crippen molar-refractivity contribution in [3.8, 4) is 0 Å². The van der Waals surface area contributed by atoms with Gasteiger partial charge in [0.15, 0.2) is 0 Å². The Morgan fingerprint density at radius 3 is 2.53 bits per heavy atom. The Morgan fingerprint density at radius 1 is 1.47 bits per heavy atom. The van der Waals surface area contributed by atoms with Gasteiger partial charge in [-0.3, -0.25) is 9.42 Å². The van der Waals surface area contributed by atoms with Crippen LogP contribution in [-0.4, -0.2) is 17.5 Å². The lowest BCUT2D eigenvalue weighted by molar-refractivity contribution is -0.131. The smallest absolute Gasteiger partial charge is 0.367 e. The summed E-state index contributed by atoms with van der Waals surface area (Å²) < 4.78 is 20.0. The lowest BCUT2D eigenvalue weighted by atomic mass is 10.3. The van der Waals surface area contributed by atoms with Crippen molar-refractivity contribution in [2.45, 2.75) is 33.1 Å². The van der Waals surface area contributed by atoms with Gasteiger partial charge in [-0.2, -0.15) is 0 Å². The third-order valence-electron chi connectivity index (χ3n) is 1.55. The van der Waals surface area contributed by atoms with Gasteiger partial charge in [0.1, 0.15) is 0 Å². The van der Waals surface area contributed by atoms with Gasteiger partial charge >= 0.3 is 13.8 Å². The Kier molecular flexibility index (Phi) is 6.48. The van der Waals surface area contributed by atoms with Gasteiger partial charge in [0.2, 0.25) is 0 Å². The van der Waals surface area contributed by atoms with Gasteiger partial charge in [0.05, 0.1) is 6.61 Å². The molecule has 0 amide bonds. The van der Waals surface area contributed by atoms with E-state index in [1.54, 1.807) is 0 Å². The van der Waals surface area contributed by atoms with Crippen molar-refractivity contribution in [3.63, 3.8) is 0 Å². The largest absolute Gasteiger partial charge is 0.529 e. The molecule has 1 atom stereocenters. The fraction of sp³-hybridized carbons (Fsp3) is 0.667. The van der Waals surface area contributed by atoms with Crippen molar-refractivity contribution >= 4 is 13.8 Å². The summed E-state index contributed by atoms with van der Waals surface area (Å²) in [6, 6.07) is 0. The predicted octanol–water partition coefficient (Wildman–Crippen LogP) is 2.41. The van der Waals surface area contributed by atoms with E-state index in [4.69, 9.17) is 4.89 Å². The molecule has 0 aliphatic rings. The Bertz CT molecular complexity index is 274. The molecule has 0 saturated heterocycles. The highest BCUT2D eigenvalue weighted by molar-refractivity contribution is 7.48. The van der Waals surface area contributed by atoms with Crippen LogP contribution in [0.15, 0.2) is 12.2 Å². The van der Waals surface area contributed by atoms with Crippen LogP contribution < -0.4 is 0 Å². The van der Waals surface area contributed by atoms with Crippen molar-refractivity contribution < 1.29 is 23.3 Å². The van der Waals surface area contributed by atoms with Crippen molar-refractivity contribution in [2.75, 3.05) is 6.61 Å². The SMILES string of the molecule is C=C(C)C(=O)OP(=O)(O)OCCCCC. The molecule has 15 heavy (non-hydrogen) atoms. The molecule has 6 heteroatoms. The van der Waals surface area contributed by atoms with Gasteiger partial charge < -0.3 is 4.52 Å². The number of carbonyl (C=O) groups is 1. The summed E-state index contributed by atoms with van der Waals surface area (Å²) in [5.74, 6) is -0.920. The Balaban J connectivity index is 3.92. The second-order valence-electron chi connectivity index (χ2n) is 3.17.